The molecule has 4 N–H and O–H groups in total. The Labute approximate surface area is 174 Å². The molecule has 0 saturated carbocycles. The summed E-state index contributed by atoms with van der Waals surface area (Å²) >= 11 is 0. The number of fused-ring (bicyclic) bond motifs is 1. The van der Waals surface area contributed by atoms with Crippen LogP contribution >= 0.6 is 0 Å². The van der Waals surface area contributed by atoms with Gasteiger partial charge in [-0.15, -0.1) is 0 Å². The van der Waals surface area contributed by atoms with E-state index in [4.69, 9.17) is 10.8 Å². The maximum Gasteiger partial charge on any atom is 0.411 e. The molecule has 1 aliphatic rings. The highest BCUT2D eigenvalue weighted by atomic mass is 19.4. The largest absolute Gasteiger partial charge is 0.480 e. The van der Waals surface area contributed by atoms with E-state index in [-0.39, 0.29) is 13.0 Å². The molecule has 1 atom stereocenters. The third kappa shape index (κ3) is 9.27. The number of anilines is 1. The number of carbonyl (C=O) groups is 1. The molecule has 0 fully saturated rings. The van der Waals surface area contributed by atoms with Crippen molar-refractivity contribution >= 4 is 11.8 Å². The minimum absolute atomic E-state index is 0.0696. The van der Waals surface area contributed by atoms with E-state index < -0.39 is 24.8 Å². The quantitative estimate of drug-likeness (QED) is 0.412. The van der Waals surface area contributed by atoms with Crippen molar-refractivity contribution in [2.24, 2.45) is 5.73 Å². The fourth-order valence-electron chi connectivity index (χ4n) is 3.31. The number of aromatic nitrogens is 1. The summed E-state index contributed by atoms with van der Waals surface area (Å²) in [5.74, 6) is -0.125. The standard InChI is InChI=1S/C20H31F3N4O3/c21-20(22,23)14-30-13-12-27(11-8-17(24)19(28)29)10-2-1-5-16-7-6-15-4-3-9-25-18(15)26-16/h6-7,17H,1-5,8-14,24H2,(H,25,26)(H,28,29)/t17-/m0/s1. The summed E-state index contributed by atoms with van der Waals surface area (Å²) in [6.45, 7) is 0.902. The molecule has 0 bridgehead atoms. The highest BCUT2D eigenvalue weighted by Crippen LogP contribution is 2.20. The van der Waals surface area contributed by atoms with E-state index >= 15 is 0 Å². The van der Waals surface area contributed by atoms with Crippen LogP contribution in [0.5, 0.6) is 0 Å². The van der Waals surface area contributed by atoms with Crippen LogP contribution in [0, 0.1) is 0 Å². The van der Waals surface area contributed by atoms with Crippen LogP contribution in [-0.2, 0) is 22.4 Å². The maximum atomic E-state index is 12.2. The second kappa shape index (κ2) is 12.1. The molecule has 170 valence electrons. The van der Waals surface area contributed by atoms with Gasteiger partial charge in [-0.25, -0.2) is 4.98 Å². The van der Waals surface area contributed by atoms with E-state index in [1.807, 2.05) is 11.0 Å². The SMILES string of the molecule is N[C@@H](CCN(CCCCc1ccc2c(n1)NCCC2)CCOCC(F)(F)F)C(=O)O. The average Bonchev–Trinajstić information content (AvgIpc) is 2.70. The third-order valence-corrected chi connectivity index (χ3v) is 5.00. The van der Waals surface area contributed by atoms with Crippen LogP contribution in [0.15, 0.2) is 12.1 Å². The first-order chi connectivity index (χ1) is 14.2. The molecule has 0 aliphatic carbocycles. The van der Waals surface area contributed by atoms with Crippen molar-refractivity contribution in [1.82, 2.24) is 9.88 Å². The molecule has 0 aromatic carbocycles. The van der Waals surface area contributed by atoms with E-state index in [1.54, 1.807) is 0 Å². The van der Waals surface area contributed by atoms with Crippen molar-refractivity contribution in [1.29, 1.82) is 0 Å². The number of nitrogens with zero attached hydrogens (tertiary/aromatic N) is 2. The fraction of sp³-hybridized carbons (Fsp3) is 0.700. The van der Waals surface area contributed by atoms with Crippen molar-refractivity contribution in [3.05, 3.63) is 23.4 Å². The fourth-order valence-corrected chi connectivity index (χ4v) is 3.31. The number of hydrogen-bond acceptors (Lipinski definition) is 6. The van der Waals surface area contributed by atoms with Crippen molar-refractivity contribution < 1.29 is 27.8 Å². The molecule has 0 unspecified atom stereocenters. The Hall–Kier alpha value is -1.91. The normalized spacial score (nSPS) is 15.0. The second-order valence-corrected chi connectivity index (χ2v) is 7.54. The lowest BCUT2D eigenvalue weighted by Gasteiger charge is -2.23. The highest BCUT2D eigenvalue weighted by Gasteiger charge is 2.27. The number of ether oxygens (including phenoxy) is 1. The molecule has 10 heteroatoms. The molecule has 0 amide bonds. The van der Waals surface area contributed by atoms with Gasteiger partial charge in [-0.05, 0) is 56.7 Å². The number of aryl methyl sites for hydroxylation is 2. The molecule has 30 heavy (non-hydrogen) atoms. The molecule has 0 saturated heterocycles. The number of alkyl halides is 3. The van der Waals surface area contributed by atoms with E-state index in [2.05, 4.69) is 21.1 Å². The molecule has 2 rings (SSSR count). The Balaban J connectivity index is 1.75. The Kier molecular flexibility index (Phi) is 9.80. The maximum absolute atomic E-state index is 12.2. The summed E-state index contributed by atoms with van der Waals surface area (Å²) in [7, 11) is 0. The van der Waals surface area contributed by atoms with Crippen LogP contribution in [-0.4, -0.2) is 72.6 Å². The van der Waals surface area contributed by atoms with Gasteiger partial charge in [-0.2, -0.15) is 13.2 Å². The van der Waals surface area contributed by atoms with Crippen LogP contribution in [0.4, 0.5) is 19.0 Å². The van der Waals surface area contributed by atoms with Gasteiger partial charge in [-0.1, -0.05) is 6.07 Å². The number of carboxylic acid groups (broad SMARTS) is 1. The van der Waals surface area contributed by atoms with Crippen LogP contribution in [0.1, 0.15) is 36.9 Å². The topological polar surface area (TPSA) is 101 Å². The first-order valence-corrected chi connectivity index (χ1v) is 10.3. The number of unbranched alkanes of at least 4 members (excludes halogenated alkanes) is 1. The van der Waals surface area contributed by atoms with Crippen molar-refractivity contribution in [3.8, 4) is 0 Å². The summed E-state index contributed by atoms with van der Waals surface area (Å²) in [6, 6.07) is 3.16. The average molecular weight is 432 g/mol. The van der Waals surface area contributed by atoms with Gasteiger partial charge in [0.25, 0.3) is 0 Å². The molecule has 1 aromatic heterocycles. The zero-order valence-electron chi connectivity index (χ0n) is 17.1. The van der Waals surface area contributed by atoms with Gasteiger partial charge in [0.1, 0.15) is 18.5 Å². The first kappa shape index (κ1) is 24.4. The summed E-state index contributed by atoms with van der Waals surface area (Å²) < 4.78 is 41.3. The van der Waals surface area contributed by atoms with E-state index in [0.29, 0.717) is 19.6 Å². The van der Waals surface area contributed by atoms with Crippen LogP contribution in [0.2, 0.25) is 0 Å². The smallest absolute Gasteiger partial charge is 0.411 e. The van der Waals surface area contributed by atoms with Gasteiger partial charge in [0.05, 0.1) is 6.61 Å². The van der Waals surface area contributed by atoms with Crippen LogP contribution in [0.25, 0.3) is 0 Å². The Morgan fingerprint density at radius 1 is 1.30 bits per heavy atom. The van der Waals surface area contributed by atoms with E-state index in [1.165, 1.54) is 5.56 Å². The Morgan fingerprint density at radius 2 is 2.10 bits per heavy atom. The number of carboxylic acids is 1. The number of rotatable bonds is 13. The summed E-state index contributed by atoms with van der Waals surface area (Å²) in [4.78, 5) is 17.5. The Bertz CT molecular complexity index is 673. The molecular weight excluding hydrogens is 401 g/mol. The number of aliphatic carboxylic acids is 1. The molecule has 1 aliphatic heterocycles. The molecule has 2 heterocycles. The predicted octanol–water partition coefficient (Wildman–Crippen LogP) is 2.45. The monoisotopic (exact) mass is 432 g/mol. The summed E-state index contributed by atoms with van der Waals surface area (Å²) in [5.41, 5.74) is 7.79. The van der Waals surface area contributed by atoms with Gasteiger partial charge < -0.3 is 25.8 Å². The van der Waals surface area contributed by atoms with Crippen molar-refractivity contribution in [3.63, 3.8) is 0 Å². The third-order valence-electron chi connectivity index (χ3n) is 5.00. The molecule has 0 spiro atoms. The molecule has 7 nitrogen and oxygen atoms in total. The number of halogens is 3. The summed E-state index contributed by atoms with van der Waals surface area (Å²) in [5, 5.41) is 12.2. The first-order valence-electron chi connectivity index (χ1n) is 10.3. The van der Waals surface area contributed by atoms with Gasteiger partial charge in [0.15, 0.2) is 0 Å². The van der Waals surface area contributed by atoms with Crippen LogP contribution < -0.4 is 11.1 Å². The molecule has 1 aromatic rings. The van der Waals surface area contributed by atoms with Crippen molar-refractivity contribution in [2.45, 2.75) is 50.7 Å². The second-order valence-electron chi connectivity index (χ2n) is 7.54. The number of nitrogens with two attached hydrogens (primary N) is 1. The number of nitrogens with one attached hydrogen (secondary N) is 1. The van der Waals surface area contributed by atoms with Crippen LogP contribution in [0.3, 0.4) is 0 Å². The number of hydrogen-bond donors (Lipinski definition) is 3. The zero-order valence-corrected chi connectivity index (χ0v) is 17.1. The van der Waals surface area contributed by atoms with Crippen molar-refractivity contribution in [2.75, 3.05) is 44.7 Å². The van der Waals surface area contributed by atoms with E-state index in [0.717, 1.165) is 50.2 Å². The minimum atomic E-state index is -4.35. The van der Waals surface area contributed by atoms with E-state index in [9.17, 15) is 18.0 Å². The highest BCUT2D eigenvalue weighted by molar-refractivity contribution is 5.72. The predicted molar refractivity (Wildman–Crippen MR) is 108 cm³/mol. The van der Waals surface area contributed by atoms with Gasteiger partial charge in [0, 0.05) is 25.3 Å². The molecular formula is C20H31F3N4O3. The minimum Gasteiger partial charge on any atom is -0.480 e. The van der Waals surface area contributed by atoms with Gasteiger partial charge in [-0.3, -0.25) is 4.79 Å². The lowest BCUT2D eigenvalue weighted by Crippen LogP contribution is -2.37. The van der Waals surface area contributed by atoms with Gasteiger partial charge in [0.2, 0.25) is 0 Å². The van der Waals surface area contributed by atoms with Gasteiger partial charge >= 0.3 is 12.1 Å². The molecule has 0 radical (unpaired) electrons. The number of pyridine rings is 1. The zero-order chi connectivity index (χ0) is 22.0. The summed E-state index contributed by atoms with van der Waals surface area (Å²) in [6.07, 6.45) is 0.522. The Morgan fingerprint density at radius 3 is 2.83 bits per heavy atom. The lowest BCUT2D eigenvalue weighted by molar-refractivity contribution is -0.174. The lowest BCUT2D eigenvalue weighted by atomic mass is 10.1.